The smallest absolute Gasteiger partial charge is 0.254 e. The fraction of sp³-hybridized carbons (Fsp3) is 0.273. The minimum atomic E-state index is -0.451. The fourth-order valence-corrected chi connectivity index (χ4v) is 3.48. The van der Waals surface area contributed by atoms with Crippen LogP contribution < -0.4 is 10.2 Å². The molecule has 1 aliphatic rings. The van der Waals surface area contributed by atoms with E-state index in [1.165, 1.54) is 12.1 Å². The summed E-state index contributed by atoms with van der Waals surface area (Å²) in [6.07, 6.45) is 1.60. The Balaban J connectivity index is 1.50. The number of carbonyl (C=O) groups is 1. The number of carbonyl (C=O) groups excluding carboxylic acids is 1. The van der Waals surface area contributed by atoms with Gasteiger partial charge in [0, 0.05) is 30.4 Å². The molecule has 1 amide bonds. The Kier molecular flexibility index (Phi) is 5.21. The zero-order chi connectivity index (χ0) is 19.5. The summed E-state index contributed by atoms with van der Waals surface area (Å²) in [5, 5.41) is 3.56. The Morgan fingerprint density at radius 2 is 1.93 bits per heavy atom. The van der Waals surface area contributed by atoms with Gasteiger partial charge in [0.2, 0.25) is 0 Å². The number of morpholine rings is 1. The van der Waals surface area contributed by atoms with E-state index in [4.69, 9.17) is 4.74 Å². The molecule has 28 heavy (non-hydrogen) atoms. The van der Waals surface area contributed by atoms with Crippen LogP contribution in [-0.2, 0) is 4.74 Å². The number of halogens is 1. The molecule has 1 N–H and O–H groups in total. The number of nitrogens with zero attached hydrogens (tertiary/aromatic N) is 2. The van der Waals surface area contributed by atoms with Crippen molar-refractivity contribution in [2.24, 2.45) is 0 Å². The molecule has 3 aromatic rings. The monoisotopic (exact) mass is 379 g/mol. The lowest BCUT2D eigenvalue weighted by molar-refractivity contribution is 0.0941. The van der Waals surface area contributed by atoms with Crippen LogP contribution in [0.2, 0.25) is 0 Å². The summed E-state index contributed by atoms with van der Waals surface area (Å²) in [6, 6.07) is 14.0. The van der Waals surface area contributed by atoms with Crippen LogP contribution in [0.25, 0.3) is 10.9 Å². The van der Waals surface area contributed by atoms with Gasteiger partial charge in [0.1, 0.15) is 5.82 Å². The number of pyridine rings is 1. The second-order valence-electron chi connectivity index (χ2n) is 6.91. The van der Waals surface area contributed by atoms with Crippen LogP contribution >= 0.6 is 0 Å². The van der Waals surface area contributed by atoms with Crippen molar-refractivity contribution in [2.75, 3.05) is 31.2 Å². The summed E-state index contributed by atoms with van der Waals surface area (Å²) in [7, 11) is 0. The lowest BCUT2D eigenvalue weighted by atomic mass is 10.1. The Morgan fingerprint density at radius 1 is 1.18 bits per heavy atom. The molecule has 1 fully saturated rings. The van der Waals surface area contributed by atoms with Crippen molar-refractivity contribution in [2.45, 2.75) is 13.0 Å². The topological polar surface area (TPSA) is 54.5 Å². The SMILES string of the molecule is CC(NC(=O)c1cc(F)cc2cccnc12)c1ccc(N2CCOCC2)cc1. The zero-order valence-electron chi connectivity index (χ0n) is 15.7. The van der Waals surface area contributed by atoms with Gasteiger partial charge in [-0.2, -0.15) is 0 Å². The number of amides is 1. The molecule has 1 atom stereocenters. The van der Waals surface area contributed by atoms with Crippen molar-refractivity contribution in [3.8, 4) is 0 Å². The third-order valence-electron chi connectivity index (χ3n) is 5.03. The van der Waals surface area contributed by atoms with Crippen LogP contribution in [0.5, 0.6) is 0 Å². The number of anilines is 1. The first kappa shape index (κ1) is 18.4. The first-order valence-electron chi connectivity index (χ1n) is 9.39. The van der Waals surface area contributed by atoms with Crippen molar-refractivity contribution in [1.29, 1.82) is 0 Å². The maximum atomic E-state index is 13.9. The number of rotatable bonds is 4. The van der Waals surface area contributed by atoms with Crippen LogP contribution in [0.15, 0.2) is 54.7 Å². The third kappa shape index (κ3) is 3.82. The standard InChI is InChI=1S/C22H22FN3O2/c1-15(16-4-6-19(7-5-16)26-9-11-28-12-10-26)25-22(27)20-14-18(23)13-17-3-2-8-24-21(17)20/h2-8,13-15H,9-12H2,1H3,(H,25,27). The van der Waals surface area contributed by atoms with Crippen molar-refractivity contribution in [1.82, 2.24) is 10.3 Å². The predicted molar refractivity (Wildman–Crippen MR) is 107 cm³/mol. The van der Waals surface area contributed by atoms with Crippen LogP contribution in [-0.4, -0.2) is 37.2 Å². The summed E-state index contributed by atoms with van der Waals surface area (Å²) in [4.78, 5) is 19.3. The number of fused-ring (bicyclic) bond motifs is 1. The predicted octanol–water partition coefficient (Wildman–Crippen LogP) is 3.70. The van der Waals surface area contributed by atoms with E-state index in [2.05, 4.69) is 27.3 Å². The van der Waals surface area contributed by atoms with Gasteiger partial charge in [-0.05, 0) is 42.8 Å². The molecule has 0 aliphatic carbocycles. The Labute approximate surface area is 163 Å². The normalized spacial score (nSPS) is 15.4. The molecule has 1 saturated heterocycles. The van der Waals surface area contributed by atoms with Crippen LogP contribution in [0.3, 0.4) is 0 Å². The number of benzene rings is 2. The van der Waals surface area contributed by atoms with E-state index in [0.717, 1.165) is 37.6 Å². The van der Waals surface area contributed by atoms with Gasteiger partial charge in [-0.25, -0.2) is 4.39 Å². The minimum absolute atomic E-state index is 0.215. The van der Waals surface area contributed by atoms with Gasteiger partial charge in [-0.15, -0.1) is 0 Å². The van der Waals surface area contributed by atoms with Crippen molar-refractivity contribution in [3.05, 3.63) is 71.7 Å². The van der Waals surface area contributed by atoms with E-state index in [1.807, 2.05) is 19.1 Å². The fourth-order valence-electron chi connectivity index (χ4n) is 3.48. The highest BCUT2D eigenvalue weighted by Gasteiger charge is 2.17. The summed E-state index contributed by atoms with van der Waals surface area (Å²) >= 11 is 0. The Hall–Kier alpha value is -2.99. The molecule has 0 radical (unpaired) electrons. The molecule has 6 heteroatoms. The molecule has 5 nitrogen and oxygen atoms in total. The molecule has 2 aromatic carbocycles. The van der Waals surface area contributed by atoms with Crippen LogP contribution in [0.4, 0.5) is 10.1 Å². The number of ether oxygens (including phenoxy) is 1. The average Bonchev–Trinajstić information content (AvgIpc) is 2.73. The van der Waals surface area contributed by atoms with Crippen molar-refractivity contribution >= 4 is 22.5 Å². The highest BCUT2D eigenvalue weighted by atomic mass is 19.1. The molecule has 1 aromatic heterocycles. The average molecular weight is 379 g/mol. The van der Waals surface area contributed by atoms with E-state index >= 15 is 0 Å². The zero-order valence-corrected chi connectivity index (χ0v) is 15.7. The van der Waals surface area contributed by atoms with E-state index < -0.39 is 5.82 Å². The van der Waals surface area contributed by atoms with Gasteiger partial charge in [-0.3, -0.25) is 9.78 Å². The molecular formula is C22H22FN3O2. The van der Waals surface area contributed by atoms with E-state index in [-0.39, 0.29) is 17.5 Å². The Bertz CT molecular complexity index is 985. The van der Waals surface area contributed by atoms with Gasteiger partial charge >= 0.3 is 0 Å². The Morgan fingerprint density at radius 3 is 2.68 bits per heavy atom. The van der Waals surface area contributed by atoms with E-state index in [1.54, 1.807) is 18.3 Å². The molecule has 0 saturated carbocycles. The second-order valence-corrected chi connectivity index (χ2v) is 6.91. The van der Waals surface area contributed by atoms with Gasteiger partial charge < -0.3 is 15.0 Å². The van der Waals surface area contributed by atoms with Gasteiger partial charge in [0.25, 0.3) is 5.91 Å². The van der Waals surface area contributed by atoms with Crippen molar-refractivity contribution < 1.29 is 13.9 Å². The van der Waals surface area contributed by atoms with Gasteiger partial charge in [-0.1, -0.05) is 18.2 Å². The summed E-state index contributed by atoms with van der Waals surface area (Å²) < 4.78 is 19.3. The van der Waals surface area contributed by atoms with Gasteiger partial charge in [0.05, 0.1) is 30.3 Å². The minimum Gasteiger partial charge on any atom is -0.378 e. The highest BCUT2D eigenvalue weighted by Crippen LogP contribution is 2.22. The molecule has 0 spiro atoms. The lowest BCUT2D eigenvalue weighted by Gasteiger charge is -2.29. The summed E-state index contributed by atoms with van der Waals surface area (Å²) in [5.74, 6) is -0.791. The molecular weight excluding hydrogens is 357 g/mol. The molecule has 2 heterocycles. The largest absolute Gasteiger partial charge is 0.378 e. The number of aromatic nitrogens is 1. The highest BCUT2D eigenvalue weighted by molar-refractivity contribution is 6.05. The summed E-state index contributed by atoms with van der Waals surface area (Å²) in [6.45, 7) is 5.15. The van der Waals surface area contributed by atoms with Crippen LogP contribution in [0, 0.1) is 5.82 Å². The maximum Gasteiger partial charge on any atom is 0.254 e. The lowest BCUT2D eigenvalue weighted by Crippen LogP contribution is -2.36. The summed E-state index contributed by atoms with van der Waals surface area (Å²) in [5.41, 5.74) is 2.87. The van der Waals surface area contributed by atoms with Crippen LogP contribution in [0.1, 0.15) is 28.9 Å². The van der Waals surface area contributed by atoms with Crippen molar-refractivity contribution in [3.63, 3.8) is 0 Å². The number of hydrogen-bond donors (Lipinski definition) is 1. The number of nitrogens with one attached hydrogen (secondary N) is 1. The second kappa shape index (κ2) is 7.94. The third-order valence-corrected chi connectivity index (χ3v) is 5.03. The molecule has 4 rings (SSSR count). The van der Waals surface area contributed by atoms with Gasteiger partial charge in [0.15, 0.2) is 0 Å². The molecule has 0 bridgehead atoms. The molecule has 1 aliphatic heterocycles. The molecule has 144 valence electrons. The maximum absolute atomic E-state index is 13.9. The quantitative estimate of drug-likeness (QED) is 0.751. The molecule has 1 unspecified atom stereocenters. The number of hydrogen-bond acceptors (Lipinski definition) is 4. The first-order valence-corrected chi connectivity index (χ1v) is 9.39. The van der Waals surface area contributed by atoms with E-state index in [9.17, 15) is 9.18 Å². The first-order chi connectivity index (χ1) is 13.6. The van der Waals surface area contributed by atoms with E-state index in [0.29, 0.717) is 10.9 Å².